The van der Waals surface area contributed by atoms with E-state index in [4.69, 9.17) is 20.0 Å². The lowest BCUT2D eigenvalue weighted by Gasteiger charge is -2.26. The van der Waals surface area contributed by atoms with E-state index in [9.17, 15) is 18.0 Å². The number of nitrogens with zero attached hydrogens (tertiary/aromatic N) is 2. The van der Waals surface area contributed by atoms with Gasteiger partial charge in [-0.25, -0.2) is 0 Å². The van der Waals surface area contributed by atoms with Gasteiger partial charge in [-0.3, -0.25) is 9.48 Å². The molecule has 1 aliphatic rings. The maximum Gasteiger partial charge on any atom is 0.408 e. The van der Waals surface area contributed by atoms with Crippen molar-refractivity contribution in [1.82, 2.24) is 15.1 Å². The van der Waals surface area contributed by atoms with E-state index < -0.39 is 23.8 Å². The summed E-state index contributed by atoms with van der Waals surface area (Å²) in [5, 5.41) is 10.0. The highest BCUT2D eigenvalue weighted by atomic mass is 35.5. The molecular formula is C23H30ClF3N4O3S. The fourth-order valence-corrected chi connectivity index (χ4v) is 4.33. The van der Waals surface area contributed by atoms with Gasteiger partial charge in [0.05, 0.1) is 10.7 Å². The molecule has 1 aromatic carbocycles. The van der Waals surface area contributed by atoms with Gasteiger partial charge in [-0.05, 0) is 50.7 Å². The Bertz CT molecular complexity index is 1020. The van der Waals surface area contributed by atoms with Crippen molar-refractivity contribution in [2.75, 3.05) is 11.9 Å². The van der Waals surface area contributed by atoms with Crippen LogP contribution in [0.4, 0.5) is 18.9 Å². The van der Waals surface area contributed by atoms with Gasteiger partial charge in [0.15, 0.2) is 5.69 Å². The summed E-state index contributed by atoms with van der Waals surface area (Å²) in [6.07, 6.45) is 0.250. The van der Waals surface area contributed by atoms with Crippen molar-refractivity contribution in [3.63, 3.8) is 0 Å². The first-order valence-corrected chi connectivity index (χ1v) is 12.5. The van der Waals surface area contributed by atoms with Crippen LogP contribution in [-0.4, -0.2) is 42.9 Å². The third kappa shape index (κ3) is 8.06. The molecular weight excluding hydrogens is 505 g/mol. The molecule has 1 amide bonds. The molecule has 7 nitrogen and oxygen atoms in total. The normalized spacial score (nSPS) is 18.7. The van der Waals surface area contributed by atoms with Gasteiger partial charge in [-0.15, -0.1) is 0 Å². The summed E-state index contributed by atoms with van der Waals surface area (Å²) in [5.74, 6) is 0.914. The van der Waals surface area contributed by atoms with E-state index in [1.165, 1.54) is 12.8 Å². The Hall–Kier alpha value is -2.40. The molecule has 1 saturated carbocycles. The second-order valence-corrected chi connectivity index (χ2v) is 9.23. The van der Waals surface area contributed by atoms with E-state index in [1.807, 2.05) is 6.92 Å². The van der Waals surface area contributed by atoms with Crippen LogP contribution in [0.2, 0.25) is 5.02 Å². The molecule has 35 heavy (non-hydrogen) atoms. The van der Waals surface area contributed by atoms with E-state index in [0.29, 0.717) is 36.0 Å². The highest BCUT2D eigenvalue weighted by molar-refractivity contribution is 7.51. The zero-order valence-corrected chi connectivity index (χ0v) is 21.4. The molecule has 1 heterocycles. The molecule has 0 aliphatic heterocycles. The van der Waals surface area contributed by atoms with Gasteiger partial charge in [0, 0.05) is 24.3 Å². The zero-order chi connectivity index (χ0) is 26.2. The number of aromatic nitrogens is 2. The number of hydrogen-bond donors (Lipinski definition) is 2. The van der Waals surface area contributed by atoms with Gasteiger partial charge < -0.3 is 10.6 Å². The number of nitrogens with one attached hydrogen (secondary N) is 2. The van der Waals surface area contributed by atoms with Crippen LogP contribution in [0, 0.1) is 11.8 Å². The molecule has 2 aromatic rings. The fraction of sp³-hybridized carbons (Fsp3) is 0.565. The molecule has 0 radical (unpaired) electrons. The average Bonchev–Trinajstić information content (AvgIpc) is 3.15. The molecule has 0 saturated heterocycles. The van der Waals surface area contributed by atoms with Crippen molar-refractivity contribution >= 4 is 34.8 Å². The predicted octanol–water partition coefficient (Wildman–Crippen LogP) is 5.47. The lowest BCUT2D eigenvalue weighted by atomic mass is 9.83. The number of benzene rings is 1. The number of alkyl halides is 3. The minimum Gasteiger partial charge on any atom is -0.374 e. The molecule has 0 spiro atoms. The number of carbonyl (C=O) groups is 1. The Morgan fingerprint density at radius 2 is 1.77 bits per heavy atom. The van der Waals surface area contributed by atoms with Crippen molar-refractivity contribution in [2.24, 2.45) is 11.8 Å². The van der Waals surface area contributed by atoms with Crippen LogP contribution in [0.3, 0.4) is 0 Å². The lowest BCUT2D eigenvalue weighted by Crippen LogP contribution is -2.32. The van der Waals surface area contributed by atoms with Crippen molar-refractivity contribution in [3.8, 4) is 11.3 Å². The van der Waals surface area contributed by atoms with E-state index in [1.54, 1.807) is 28.9 Å². The fourth-order valence-electron chi connectivity index (χ4n) is 4.00. The smallest absolute Gasteiger partial charge is 0.374 e. The summed E-state index contributed by atoms with van der Waals surface area (Å²) in [5.41, 5.74) is 1.76. The Labute approximate surface area is 211 Å². The summed E-state index contributed by atoms with van der Waals surface area (Å²) >= 11 is 5.80. The first-order valence-electron chi connectivity index (χ1n) is 11.4. The molecule has 1 atom stereocenters. The van der Waals surface area contributed by atoms with Gasteiger partial charge in [0.1, 0.15) is 6.04 Å². The number of hydrogen-bond acceptors (Lipinski definition) is 5. The topological polar surface area (TPSA) is 93.1 Å². The molecule has 1 aromatic heterocycles. The average molecular weight is 535 g/mol. The summed E-state index contributed by atoms with van der Waals surface area (Å²) in [6.45, 7) is 6.31. The van der Waals surface area contributed by atoms with E-state index in [2.05, 4.69) is 22.7 Å². The standard InChI is InChI=1S/C23H30ClF3N4O.O2S/c1-4-31-21(17-9-11-18(12-10-17)29-15(3)23(25,26)27)19(24)20(30-31)22(32)28-13-16-7-5-14(2)6-8-16;1-3-2/h9-12,14-16,29H,4-8,13H2,1-3H3,(H,28,32);/t14?,15-,16?;/m1./s1. The highest BCUT2D eigenvalue weighted by Gasteiger charge is 2.35. The number of rotatable bonds is 7. The van der Waals surface area contributed by atoms with Crippen LogP contribution in [0.25, 0.3) is 11.3 Å². The van der Waals surface area contributed by atoms with Crippen LogP contribution >= 0.6 is 11.6 Å². The third-order valence-corrected chi connectivity index (χ3v) is 6.49. The molecule has 1 aliphatic carbocycles. The van der Waals surface area contributed by atoms with Gasteiger partial charge in [-0.2, -0.15) is 26.7 Å². The zero-order valence-electron chi connectivity index (χ0n) is 19.8. The monoisotopic (exact) mass is 534 g/mol. The van der Waals surface area contributed by atoms with E-state index >= 15 is 0 Å². The molecule has 194 valence electrons. The maximum atomic E-state index is 12.8. The first-order chi connectivity index (χ1) is 16.5. The summed E-state index contributed by atoms with van der Waals surface area (Å²) in [7, 11) is 0. The van der Waals surface area contributed by atoms with Crippen LogP contribution in [-0.2, 0) is 18.1 Å². The third-order valence-electron chi connectivity index (χ3n) is 6.13. The largest absolute Gasteiger partial charge is 0.408 e. The number of aryl methyl sites for hydroxylation is 1. The van der Waals surface area contributed by atoms with Crippen LogP contribution in [0.15, 0.2) is 24.3 Å². The van der Waals surface area contributed by atoms with Gasteiger partial charge in [0.25, 0.3) is 5.91 Å². The molecule has 0 unspecified atom stereocenters. The first kappa shape index (κ1) is 28.8. The Morgan fingerprint density at radius 3 is 2.29 bits per heavy atom. The SMILES string of the molecule is CCn1nc(C(=O)NCC2CCC(C)CC2)c(Cl)c1-c1ccc(N[C@H](C)C(F)(F)F)cc1.O=S=O. The quantitative estimate of drug-likeness (QED) is 0.491. The number of anilines is 1. The summed E-state index contributed by atoms with van der Waals surface area (Å²) < 4.78 is 56.6. The van der Waals surface area contributed by atoms with Crippen molar-refractivity contribution in [2.45, 2.75) is 65.2 Å². The minimum absolute atomic E-state index is 0.167. The van der Waals surface area contributed by atoms with Crippen LogP contribution in [0.1, 0.15) is 56.9 Å². The maximum absolute atomic E-state index is 12.8. The summed E-state index contributed by atoms with van der Waals surface area (Å²) in [4.78, 5) is 12.8. The Morgan fingerprint density at radius 1 is 1.20 bits per heavy atom. The van der Waals surface area contributed by atoms with Crippen molar-refractivity contribution in [1.29, 1.82) is 0 Å². The molecule has 1 fully saturated rings. The Balaban J connectivity index is 0.00000137. The number of halogens is 4. The molecule has 2 N–H and O–H groups in total. The van der Waals surface area contributed by atoms with Crippen molar-refractivity contribution < 1.29 is 26.4 Å². The van der Waals surface area contributed by atoms with Gasteiger partial charge in [0.2, 0.25) is 0 Å². The molecule has 0 bridgehead atoms. The Kier molecular flexibility index (Phi) is 10.8. The predicted molar refractivity (Wildman–Crippen MR) is 130 cm³/mol. The lowest BCUT2D eigenvalue weighted by molar-refractivity contribution is -0.138. The van der Waals surface area contributed by atoms with Crippen LogP contribution in [0.5, 0.6) is 0 Å². The van der Waals surface area contributed by atoms with Crippen LogP contribution < -0.4 is 10.6 Å². The minimum atomic E-state index is -4.33. The van der Waals surface area contributed by atoms with Crippen molar-refractivity contribution in [3.05, 3.63) is 35.0 Å². The number of carbonyl (C=O) groups excluding carboxylic acids is 1. The summed E-state index contributed by atoms with van der Waals surface area (Å²) in [6, 6.07) is 4.80. The molecule has 12 heteroatoms. The second-order valence-electron chi connectivity index (χ2n) is 8.72. The van der Waals surface area contributed by atoms with Gasteiger partial charge >= 0.3 is 17.7 Å². The van der Waals surface area contributed by atoms with E-state index in [-0.39, 0.29) is 16.6 Å². The van der Waals surface area contributed by atoms with E-state index in [0.717, 1.165) is 25.7 Å². The van der Waals surface area contributed by atoms with Gasteiger partial charge in [-0.1, -0.05) is 43.5 Å². The molecule has 3 rings (SSSR count). The number of amides is 1. The highest BCUT2D eigenvalue weighted by Crippen LogP contribution is 2.33. The second kappa shape index (κ2) is 13.1.